The molecule has 0 fully saturated rings. The van der Waals surface area contributed by atoms with Gasteiger partial charge >= 0.3 is 6.01 Å². The van der Waals surface area contributed by atoms with Crippen LogP contribution in [0.2, 0.25) is 0 Å². The van der Waals surface area contributed by atoms with Crippen molar-refractivity contribution in [3.05, 3.63) is 29.8 Å². The van der Waals surface area contributed by atoms with E-state index in [1.54, 1.807) is 12.1 Å². The monoisotopic (exact) mass is 310 g/mol. The smallest absolute Gasteiger partial charge is 0.336 e. The highest BCUT2D eigenvalue weighted by Crippen LogP contribution is 2.16. The molecule has 0 aliphatic carbocycles. The summed E-state index contributed by atoms with van der Waals surface area (Å²) in [6.07, 6.45) is 0.910. The minimum absolute atomic E-state index is 0.0121. The summed E-state index contributed by atoms with van der Waals surface area (Å²) in [7, 11) is -2.30. The zero-order valence-electron chi connectivity index (χ0n) is 12.1. The van der Waals surface area contributed by atoms with Crippen LogP contribution in [-0.2, 0) is 16.4 Å². The Bertz CT molecular complexity index is 692. The Hall–Kier alpha value is -2.09. The number of nitrogens with zero attached hydrogens (tertiary/aromatic N) is 2. The van der Waals surface area contributed by atoms with Gasteiger partial charge in [0.15, 0.2) is 0 Å². The van der Waals surface area contributed by atoms with Crippen LogP contribution in [0.3, 0.4) is 0 Å². The summed E-state index contributed by atoms with van der Waals surface area (Å²) < 4.78 is 31.5. The topological polar surface area (TPSA) is 97.0 Å². The predicted molar refractivity (Wildman–Crippen MR) is 78.7 cm³/mol. The highest BCUT2D eigenvalue weighted by Gasteiger charge is 2.16. The van der Waals surface area contributed by atoms with Crippen molar-refractivity contribution in [1.82, 2.24) is 15.2 Å². The first-order valence-corrected chi connectivity index (χ1v) is 7.97. The van der Waals surface area contributed by atoms with Crippen LogP contribution in [-0.4, -0.2) is 30.7 Å². The molecule has 0 spiro atoms. The molecular formula is C13H18N4O3S. The van der Waals surface area contributed by atoms with Gasteiger partial charge in [-0.1, -0.05) is 26.0 Å². The van der Waals surface area contributed by atoms with E-state index in [9.17, 15) is 8.42 Å². The van der Waals surface area contributed by atoms with Gasteiger partial charge in [-0.05, 0) is 30.0 Å². The van der Waals surface area contributed by atoms with Gasteiger partial charge in [-0.25, -0.2) is 18.2 Å². The molecule has 8 heteroatoms. The van der Waals surface area contributed by atoms with Crippen LogP contribution in [0.25, 0.3) is 0 Å². The zero-order valence-corrected chi connectivity index (χ0v) is 12.9. The molecule has 2 rings (SSSR count). The van der Waals surface area contributed by atoms with E-state index in [4.69, 9.17) is 4.74 Å². The van der Waals surface area contributed by atoms with E-state index in [0.717, 1.165) is 12.0 Å². The molecule has 1 heterocycles. The van der Waals surface area contributed by atoms with E-state index >= 15 is 0 Å². The molecule has 0 bridgehead atoms. The average Bonchev–Trinajstić information content (AvgIpc) is 2.85. The van der Waals surface area contributed by atoms with Gasteiger partial charge in [0.25, 0.3) is 10.0 Å². The number of aromatic nitrogens is 3. The van der Waals surface area contributed by atoms with Crippen molar-refractivity contribution in [2.45, 2.75) is 25.2 Å². The SMILES string of the molecule is COc1n[nH]c(NS(=O)(=O)c2ccc(CC(C)C)cc2)n1. The van der Waals surface area contributed by atoms with E-state index in [1.165, 1.54) is 7.11 Å². The summed E-state index contributed by atoms with van der Waals surface area (Å²) in [6.45, 7) is 4.23. The van der Waals surface area contributed by atoms with Gasteiger partial charge in [0.2, 0.25) is 5.95 Å². The van der Waals surface area contributed by atoms with Gasteiger partial charge in [0.05, 0.1) is 12.0 Å². The van der Waals surface area contributed by atoms with Crippen LogP contribution in [0.4, 0.5) is 5.95 Å². The van der Waals surface area contributed by atoms with E-state index in [-0.39, 0.29) is 16.9 Å². The summed E-state index contributed by atoms with van der Waals surface area (Å²) in [5, 5.41) is 6.12. The number of aromatic amines is 1. The Morgan fingerprint density at radius 2 is 1.95 bits per heavy atom. The second-order valence-electron chi connectivity index (χ2n) is 5.02. The van der Waals surface area contributed by atoms with E-state index in [1.807, 2.05) is 12.1 Å². The minimum atomic E-state index is -3.69. The highest BCUT2D eigenvalue weighted by atomic mass is 32.2. The first-order chi connectivity index (χ1) is 9.90. The molecular weight excluding hydrogens is 292 g/mol. The second kappa shape index (κ2) is 6.13. The first-order valence-electron chi connectivity index (χ1n) is 6.49. The molecule has 0 saturated heterocycles. The quantitative estimate of drug-likeness (QED) is 0.848. The number of rotatable bonds is 6. The molecule has 2 aromatic rings. The predicted octanol–water partition coefficient (Wildman–Crippen LogP) is 1.81. The van der Waals surface area contributed by atoms with Crippen molar-refractivity contribution in [3.63, 3.8) is 0 Å². The van der Waals surface area contributed by atoms with Crippen LogP contribution in [0.1, 0.15) is 19.4 Å². The van der Waals surface area contributed by atoms with Gasteiger partial charge in [-0.2, -0.15) is 4.98 Å². The maximum Gasteiger partial charge on any atom is 0.336 e. The standard InChI is InChI=1S/C13H18N4O3S/c1-9(2)8-10-4-6-11(7-5-10)21(18,19)17-12-14-13(20-3)16-15-12/h4-7,9H,8H2,1-3H3,(H2,14,15,16,17). The molecule has 2 N–H and O–H groups in total. The number of methoxy groups -OCH3 is 1. The number of hydrogen-bond acceptors (Lipinski definition) is 5. The lowest BCUT2D eigenvalue weighted by Crippen LogP contribution is -2.14. The van der Waals surface area contributed by atoms with Gasteiger partial charge in [-0.3, -0.25) is 0 Å². The summed E-state index contributed by atoms with van der Waals surface area (Å²) >= 11 is 0. The number of sulfonamides is 1. The summed E-state index contributed by atoms with van der Waals surface area (Å²) in [5.74, 6) is 0.533. The number of anilines is 1. The van der Waals surface area contributed by atoms with Crippen molar-refractivity contribution >= 4 is 16.0 Å². The summed E-state index contributed by atoms with van der Waals surface area (Å²) in [5.41, 5.74) is 1.10. The Morgan fingerprint density at radius 3 is 2.48 bits per heavy atom. The van der Waals surface area contributed by atoms with Gasteiger partial charge in [0.1, 0.15) is 0 Å². The third-order valence-electron chi connectivity index (χ3n) is 2.76. The largest absolute Gasteiger partial charge is 0.466 e. The Labute approximate surface area is 123 Å². The maximum absolute atomic E-state index is 12.2. The molecule has 21 heavy (non-hydrogen) atoms. The highest BCUT2D eigenvalue weighted by molar-refractivity contribution is 7.92. The van der Waals surface area contributed by atoms with Crippen molar-refractivity contribution in [2.75, 3.05) is 11.8 Å². The normalized spacial score (nSPS) is 11.6. The van der Waals surface area contributed by atoms with Crippen LogP contribution in [0, 0.1) is 5.92 Å². The van der Waals surface area contributed by atoms with Crippen molar-refractivity contribution in [3.8, 4) is 6.01 Å². The first kappa shape index (κ1) is 15.3. The lowest BCUT2D eigenvalue weighted by Gasteiger charge is -2.07. The number of nitrogens with one attached hydrogen (secondary N) is 2. The molecule has 0 unspecified atom stereocenters. The van der Waals surface area contributed by atoms with Crippen LogP contribution < -0.4 is 9.46 Å². The zero-order chi connectivity index (χ0) is 15.5. The molecule has 0 radical (unpaired) electrons. The lowest BCUT2D eigenvalue weighted by atomic mass is 10.0. The number of benzene rings is 1. The molecule has 1 aromatic heterocycles. The Morgan fingerprint density at radius 1 is 1.29 bits per heavy atom. The van der Waals surface area contributed by atoms with E-state index in [2.05, 4.69) is 33.8 Å². The lowest BCUT2D eigenvalue weighted by molar-refractivity contribution is 0.382. The fourth-order valence-electron chi connectivity index (χ4n) is 1.85. The van der Waals surface area contributed by atoms with Crippen LogP contribution in [0.5, 0.6) is 6.01 Å². The van der Waals surface area contributed by atoms with Gasteiger partial charge < -0.3 is 4.74 Å². The molecule has 114 valence electrons. The van der Waals surface area contributed by atoms with Crippen molar-refractivity contribution < 1.29 is 13.2 Å². The fraction of sp³-hybridized carbons (Fsp3) is 0.385. The van der Waals surface area contributed by atoms with E-state index < -0.39 is 10.0 Å². The molecule has 1 aromatic carbocycles. The Balaban J connectivity index is 2.15. The van der Waals surface area contributed by atoms with Crippen LogP contribution >= 0.6 is 0 Å². The molecule has 0 aliphatic rings. The van der Waals surface area contributed by atoms with Crippen molar-refractivity contribution in [2.24, 2.45) is 5.92 Å². The number of H-pyrrole nitrogens is 1. The number of ether oxygens (including phenoxy) is 1. The average molecular weight is 310 g/mol. The van der Waals surface area contributed by atoms with Gasteiger partial charge in [0, 0.05) is 0 Å². The summed E-state index contributed by atoms with van der Waals surface area (Å²) in [6, 6.07) is 6.85. The molecule has 0 amide bonds. The second-order valence-corrected chi connectivity index (χ2v) is 6.70. The van der Waals surface area contributed by atoms with Crippen molar-refractivity contribution in [1.29, 1.82) is 0 Å². The van der Waals surface area contributed by atoms with Gasteiger partial charge in [-0.15, -0.1) is 5.10 Å². The fourth-order valence-corrected chi connectivity index (χ4v) is 2.80. The number of hydrogen-bond donors (Lipinski definition) is 2. The molecule has 0 saturated carbocycles. The summed E-state index contributed by atoms with van der Waals surface area (Å²) in [4.78, 5) is 3.99. The molecule has 0 aliphatic heterocycles. The maximum atomic E-state index is 12.2. The minimum Gasteiger partial charge on any atom is -0.466 e. The van der Waals surface area contributed by atoms with E-state index in [0.29, 0.717) is 5.92 Å². The van der Waals surface area contributed by atoms with Crippen LogP contribution in [0.15, 0.2) is 29.2 Å². The third kappa shape index (κ3) is 3.94. The third-order valence-corrected chi connectivity index (χ3v) is 4.11. The molecule has 7 nitrogen and oxygen atoms in total. The molecule has 0 atom stereocenters. The Kier molecular flexibility index (Phi) is 4.46.